The van der Waals surface area contributed by atoms with E-state index >= 15 is 0 Å². The fourth-order valence-corrected chi connectivity index (χ4v) is 2.65. The minimum atomic E-state index is 0.143. The molecule has 1 saturated heterocycles. The molecule has 2 heterocycles. The average Bonchev–Trinajstić information content (AvgIpc) is 2.99. The Hall–Kier alpha value is -1.47. The summed E-state index contributed by atoms with van der Waals surface area (Å²) in [7, 11) is 0. The van der Waals surface area contributed by atoms with Crippen molar-refractivity contribution < 1.29 is 14.4 Å². The van der Waals surface area contributed by atoms with Gasteiger partial charge < -0.3 is 14.4 Å². The number of halogens is 1. The van der Waals surface area contributed by atoms with Gasteiger partial charge in [-0.25, -0.2) is 0 Å². The fourth-order valence-electron chi connectivity index (χ4n) is 2.52. The van der Waals surface area contributed by atoms with E-state index in [1.165, 1.54) is 0 Å². The predicted octanol–water partition coefficient (Wildman–Crippen LogP) is 1.97. The summed E-state index contributed by atoms with van der Waals surface area (Å²) in [6, 6.07) is 7.50. The van der Waals surface area contributed by atoms with Crippen molar-refractivity contribution in [1.82, 2.24) is 15.0 Å². The van der Waals surface area contributed by atoms with E-state index in [0.29, 0.717) is 42.9 Å². The van der Waals surface area contributed by atoms with Gasteiger partial charge in [0.05, 0.1) is 19.8 Å². The zero-order valence-electron chi connectivity index (χ0n) is 12.1. The third-order valence-corrected chi connectivity index (χ3v) is 3.97. The lowest BCUT2D eigenvalue weighted by molar-refractivity contribution is -0.0234. The van der Waals surface area contributed by atoms with E-state index in [0.717, 1.165) is 12.1 Å². The minimum Gasteiger partial charge on any atom is -0.396 e. The maximum Gasteiger partial charge on any atom is 0.241 e. The lowest BCUT2D eigenvalue weighted by atomic mass is 10.1. The smallest absolute Gasteiger partial charge is 0.241 e. The number of aliphatic hydroxyl groups is 1. The van der Waals surface area contributed by atoms with Gasteiger partial charge in [0.15, 0.2) is 0 Å². The summed E-state index contributed by atoms with van der Waals surface area (Å²) in [5.41, 5.74) is 0.869. The largest absolute Gasteiger partial charge is 0.396 e. The van der Waals surface area contributed by atoms with Gasteiger partial charge in [-0.15, -0.1) is 0 Å². The molecule has 2 aromatic rings. The first-order valence-corrected chi connectivity index (χ1v) is 7.65. The standard InChI is InChI=1S/C15H18ClN3O3/c16-12-3-1-11(2-4-12)15-17-14(22-18-15)9-19-6-8-21-10-13(19)5-7-20/h1-4,13,20H,5-10H2/t13-/m0/s1. The zero-order valence-corrected chi connectivity index (χ0v) is 12.9. The molecule has 1 fully saturated rings. The second kappa shape index (κ2) is 7.19. The Morgan fingerprint density at radius 2 is 2.14 bits per heavy atom. The second-order valence-corrected chi connectivity index (χ2v) is 5.67. The number of morpholine rings is 1. The Kier molecular flexibility index (Phi) is 5.04. The van der Waals surface area contributed by atoms with Crippen LogP contribution in [0.3, 0.4) is 0 Å². The van der Waals surface area contributed by atoms with Crippen LogP contribution in [0.1, 0.15) is 12.3 Å². The highest BCUT2D eigenvalue weighted by Crippen LogP contribution is 2.20. The second-order valence-electron chi connectivity index (χ2n) is 5.23. The molecule has 7 heteroatoms. The first-order chi connectivity index (χ1) is 10.8. The number of aliphatic hydroxyl groups excluding tert-OH is 1. The molecule has 0 amide bonds. The molecule has 1 aromatic carbocycles. The molecular formula is C15H18ClN3O3. The molecular weight excluding hydrogens is 306 g/mol. The Balaban J connectivity index is 1.69. The Morgan fingerprint density at radius 1 is 1.32 bits per heavy atom. The van der Waals surface area contributed by atoms with Gasteiger partial charge in [0.25, 0.3) is 0 Å². The van der Waals surface area contributed by atoms with Crippen LogP contribution in [-0.2, 0) is 11.3 Å². The molecule has 1 aromatic heterocycles. The van der Waals surface area contributed by atoms with Gasteiger partial charge in [0.2, 0.25) is 11.7 Å². The van der Waals surface area contributed by atoms with E-state index in [1.807, 2.05) is 12.1 Å². The van der Waals surface area contributed by atoms with Crippen molar-refractivity contribution in [2.24, 2.45) is 0 Å². The number of nitrogens with zero attached hydrogens (tertiary/aromatic N) is 3. The van der Waals surface area contributed by atoms with Crippen LogP contribution in [0, 0.1) is 0 Å². The quantitative estimate of drug-likeness (QED) is 0.907. The summed E-state index contributed by atoms with van der Waals surface area (Å²) in [5, 5.41) is 13.8. The van der Waals surface area contributed by atoms with E-state index < -0.39 is 0 Å². The molecule has 6 nitrogen and oxygen atoms in total. The molecule has 3 rings (SSSR count). The first kappa shape index (κ1) is 15.4. The molecule has 0 aliphatic carbocycles. The van der Waals surface area contributed by atoms with Crippen molar-refractivity contribution in [3.8, 4) is 11.4 Å². The van der Waals surface area contributed by atoms with Gasteiger partial charge in [-0.05, 0) is 30.7 Å². The topological polar surface area (TPSA) is 71.6 Å². The normalized spacial score (nSPS) is 19.5. The van der Waals surface area contributed by atoms with Crippen LogP contribution in [0.5, 0.6) is 0 Å². The van der Waals surface area contributed by atoms with Gasteiger partial charge >= 0.3 is 0 Å². The van der Waals surface area contributed by atoms with Crippen LogP contribution in [0.4, 0.5) is 0 Å². The summed E-state index contributed by atoms with van der Waals surface area (Å²) < 4.78 is 10.8. The molecule has 0 bridgehead atoms. The Labute approximate surface area is 133 Å². The van der Waals surface area contributed by atoms with Crippen molar-refractivity contribution in [3.05, 3.63) is 35.2 Å². The molecule has 1 aliphatic rings. The third kappa shape index (κ3) is 3.64. The highest BCUT2D eigenvalue weighted by molar-refractivity contribution is 6.30. The van der Waals surface area contributed by atoms with Crippen LogP contribution in [0.15, 0.2) is 28.8 Å². The molecule has 1 N–H and O–H groups in total. The molecule has 1 atom stereocenters. The molecule has 0 saturated carbocycles. The maximum absolute atomic E-state index is 9.13. The van der Waals surface area contributed by atoms with E-state index in [9.17, 15) is 0 Å². The highest BCUT2D eigenvalue weighted by atomic mass is 35.5. The summed E-state index contributed by atoms with van der Waals surface area (Å²) >= 11 is 5.88. The number of hydrogen-bond acceptors (Lipinski definition) is 6. The number of aromatic nitrogens is 2. The van der Waals surface area contributed by atoms with Crippen molar-refractivity contribution >= 4 is 11.6 Å². The van der Waals surface area contributed by atoms with E-state index in [-0.39, 0.29) is 12.6 Å². The van der Waals surface area contributed by atoms with E-state index in [1.54, 1.807) is 12.1 Å². The van der Waals surface area contributed by atoms with Gasteiger partial charge in [-0.2, -0.15) is 4.98 Å². The number of rotatable bonds is 5. The number of ether oxygens (including phenoxy) is 1. The minimum absolute atomic E-state index is 0.143. The summed E-state index contributed by atoms with van der Waals surface area (Å²) in [6.45, 7) is 2.81. The highest BCUT2D eigenvalue weighted by Gasteiger charge is 2.24. The molecule has 118 valence electrons. The van der Waals surface area contributed by atoms with Gasteiger partial charge in [-0.1, -0.05) is 16.8 Å². The van der Waals surface area contributed by atoms with E-state index in [2.05, 4.69) is 15.0 Å². The Bertz CT molecular complexity index is 600. The van der Waals surface area contributed by atoms with Crippen molar-refractivity contribution in [1.29, 1.82) is 0 Å². The predicted molar refractivity (Wildman–Crippen MR) is 81.5 cm³/mol. The fraction of sp³-hybridized carbons (Fsp3) is 0.467. The molecule has 0 radical (unpaired) electrons. The molecule has 22 heavy (non-hydrogen) atoms. The molecule has 0 unspecified atom stereocenters. The average molecular weight is 324 g/mol. The number of hydrogen-bond donors (Lipinski definition) is 1. The Morgan fingerprint density at radius 3 is 2.91 bits per heavy atom. The van der Waals surface area contributed by atoms with Gasteiger partial charge in [-0.3, -0.25) is 4.90 Å². The van der Waals surface area contributed by atoms with Crippen molar-refractivity contribution in [2.75, 3.05) is 26.4 Å². The molecule has 1 aliphatic heterocycles. The van der Waals surface area contributed by atoms with Crippen LogP contribution in [0.2, 0.25) is 5.02 Å². The summed E-state index contributed by atoms with van der Waals surface area (Å²) in [4.78, 5) is 6.64. The van der Waals surface area contributed by atoms with Crippen LogP contribution < -0.4 is 0 Å². The van der Waals surface area contributed by atoms with Crippen molar-refractivity contribution in [3.63, 3.8) is 0 Å². The van der Waals surface area contributed by atoms with Crippen molar-refractivity contribution in [2.45, 2.75) is 19.0 Å². The first-order valence-electron chi connectivity index (χ1n) is 7.27. The van der Waals surface area contributed by atoms with Crippen LogP contribution in [-0.4, -0.2) is 52.6 Å². The summed E-state index contributed by atoms with van der Waals surface area (Å²) in [6.07, 6.45) is 0.679. The van der Waals surface area contributed by atoms with Crippen LogP contribution in [0.25, 0.3) is 11.4 Å². The number of benzene rings is 1. The zero-order chi connectivity index (χ0) is 15.4. The maximum atomic E-state index is 9.13. The summed E-state index contributed by atoms with van der Waals surface area (Å²) in [5.74, 6) is 1.12. The van der Waals surface area contributed by atoms with Gasteiger partial charge in [0.1, 0.15) is 0 Å². The monoisotopic (exact) mass is 323 g/mol. The van der Waals surface area contributed by atoms with Gasteiger partial charge in [0, 0.05) is 29.8 Å². The third-order valence-electron chi connectivity index (χ3n) is 3.72. The molecule has 0 spiro atoms. The van der Waals surface area contributed by atoms with E-state index in [4.69, 9.17) is 26.0 Å². The van der Waals surface area contributed by atoms with Crippen LogP contribution >= 0.6 is 11.6 Å². The lowest BCUT2D eigenvalue weighted by Gasteiger charge is -2.34. The lowest BCUT2D eigenvalue weighted by Crippen LogP contribution is -2.45. The SMILES string of the molecule is OCC[C@H]1COCCN1Cc1nc(-c2ccc(Cl)cc2)no1.